The Kier molecular flexibility index (Phi) is 5.38. The molecule has 2 heterocycles. The van der Waals surface area contributed by atoms with E-state index in [0.29, 0.717) is 37.1 Å². The summed E-state index contributed by atoms with van der Waals surface area (Å²) in [6.07, 6.45) is -0.711. The van der Waals surface area contributed by atoms with E-state index < -0.39 is 29.4 Å². The normalized spacial score (nSPS) is 23.6. The Balaban J connectivity index is 1.80. The fourth-order valence-corrected chi connectivity index (χ4v) is 4.29. The van der Waals surface area contributed by atoms with E-state index in [1.54, 1.807) is 43.1 Å². The number of benzene rings is 1. The largest absolute Gasteiger partial charge is 0.466 e. The molecule has 2 saturated heterocycles. The third-order valence-corrected chi connectivity index (χ3v) is 5.84. The highest BCUT2D eigenvalue weighted by Gasteiger charge is 2.61. The van der Waals surface area contributed by atoms with Gasteiger partial charge in [0, 0.05) is 25.7 Å². The Morgan fingerprint density at radius 2 is 2.04 bits per heavy atom. The van der Waals surface area contributed by atoms with Gasteiger partial charge in [-0.2, -0.15) is 5.26 Å². The highest BCUT2D eigenvalue weighted by atomic mass is 16.5. The number of ether oxygens (including phenoxy) is 1. The third kappa shape index (κ3) is 3.12. The lowest BCUT2D eigenvalue weighted by Crippen LogP contribution is -2.57. The van der Waals surface area contributed by atoms with Crippen LogP contribution in [0.1, 0.15) is 35.7 Å². The standard InChI is InChI=1S/C20H23N3O5/c1-3-28-19(27)15-16(24)18(26)22(2)20(15)7-9-23(10-8-20)17(25)14-6-4-5-13(11-14)12-21/h4-6,11,15-16,24H,3,7-10H2,1-2H3/t15-,16+/m0/s1. The van der Waals surface area contributed by atoms with Crippen LogP contribution in [-0.4, -0.2) is 71.1 Å². The van der Waals surface area contributed by atoms with Gasteiger partial charge in [-0.05, 0) is 38.0 Å². The van der Waals surface area contributed by atoms with Crippen LogP contribution in [0.2, 0.25) is 0 Å². The summed E-state index contributed by atoms with van der Waals surface area (Å²) in [7, 11) is 1.58. The fraction of sp³-hybridized carbons (Fsp3) is 0.500. The van der Waals surface area contributed by atoms with E-state index in [0.717, 1.165) is 0 Å². The number of rotatable bonds is 3. The average Bonchev–Trinajstić information content (AvgIpc) is 2.89. The molecule has 8 nitrogen and oxygen atoms in total. The van der Waals surface area contributed by atoms with E-state index >= 15 is 0 Å². The Labute approximate surface area is 163 Å². The van der Waals surface area contributed by atoms with E-state index in [1.807, 2.05) is 6.07 Å². The van der Waals surface area contributed by atoms with Crippen LogP contribution in [0.25, 0.3) is 0 Å². The van der Waals surface area contributed by atoms with Gasteiger partial charge in [-0.3, -0.25) is 14.4 Å². The van der Waals surface area contributed by atoms with Crippen LogP contribution >= 0.6 is 0 Å². The molecule has 0 aromatic heterocycles. The van der Waals surface area contributed by atoms with Crippen LogP contribution < -0.4 is 0 Å². The number of hydrogen-bond acceptors (Lipinski definition) is 6. The first-order valence-electron chi connectivity index (χ1n) is 9.27. The van der Waals surface area contributed by atoms with Crippen molar-refractivity contribution in [2.75, 3.05) is 26.7 Å². The second-order valence-electron chi connectivity index (χ2n) is 7.16. The number of likely N-dealkylation sites (N-methyl/N-ethyl adjacent to an activating group) is 1. The molecule has 0 aliphatic carbocycles. The molecule has 1 aromatic carbocycles. The molecule has 2 aliphatic heterocycles. The molecule has 0 radical (unpaired) electrons. The number of hydrogen-bond donors (Lipinski definition) is 1. The number of nitrogens with zero attached hydrogens (tertiary/aromatic N) is 3. The fourth-order valence-electron chi connectivity index (χ4n) is 4.29. The zero-order chi connectivity index (χ0) is 20.5. The molecule has 1 spiro atoms. The summed E-state index contributed by atoms with van der Waals surface area (Å²) in [4.78, 5) is 40.7. The molecule has 0 unspecified atom stereocenters. The van der Waals surface area contributed by atoms with Crippen molar-refractivity contribution in [3.8, 4) is 6.07 Å². The van der Waals surface area contributed by atoms with Crippen LogP contribution in [0.4, 0.5) is 0 Å². The highest BCUT2D eigenvalue weighted by molar-refractivity contribution is 5.95. The number of nitriles is 1. The second-order valence-corrected chi connectivity index (χ2v) is 7.16. The molecule has 3 rings (SSSR count). The van der Waals surface area contributed by atoms with E-state index in [-0.39, 0.29) is 12.5 Å². The molecule has 0 bridgehead atoms. The summed E-state index contributed by atoms with van der Waals surface area (Å²) < 4.78 is 5.10. The SMILES string of the molecule is CCOC(=O)[C@@H]1[C@@H](O)C(=O)N(C)C12CCN(C(=O)c1cccc(C#N)c1)CC2. The quantitative estimate of drug-likeness (QED) is 0.761. The molecule has 8 heteroatoms. The Morgan fingerprint density at radius 3 is 2.64 bits per heavy atom. The summed E-state index contributed by atoms with van der Waals surface area (Å²) in [6.45, 7) is 2.50. The van der Waals surface area contributed by atoms with Gasteiger partial charge in [0.2, 0.25) is 0 Å². The van der Waals surface area contributed by atoms with Crippen LogP contribution in [0, 0.1) is 17.2 Å². The van der Waals surface area contributed by atoms with E-state index in [2.05, 4.69) is 0 Å². The predicted octanol–water partition coefficient (Wildman–Crippen LogP) is 0.545. The number of aliphatic hydroxyl groups is 1. The molecule has 2 atom stereocenters. The smallest absolute Gasteiger partial charge is 0.314 e. The number of amides is 2. The van der Waals surface area contributed by atoms with Gasteiger partial charge in [0.05, 0.1) is 23.8 Å². The number of carbonyl (C=O) groups is 3. The van der Waals surface area contributed by atoms with Gasteiger partial charge in [-0.15, -0.1) is 0 Å². The molecule has 1 N–H and O–H groups in total. The van der Waals surface area contributed by atoms with Gasteiger partial charge in [0.15, 0.2) is 0 Å². The molecule has 1 aromatic rings. The molecule has 148 valence electrons. The third-order valence-electron chi connectivity index (χ3n) is 5.84. The summed E-state index contributed by atoms with van der Waals surface area (Å²) in [5.74, 6) is -2.26. The van der Waals surface area contributed by atoms with Crippen molar-refractivity contribution in [3.05, 3.63) is 35.4 Å². The lowest BCUT2D eigenvalue weighted by molar-refractivity contribution is -0.155. The minimum Gasteiger partial charge on any atom is -0.466 e. The first-order chi connectivity index (χ1) is 13.4. The average molecular weight is 385 g/mol. The highest BCUT2D eigenvalue weighted by Crippen LogP contribution is 2.43. The predicted molar refractivity (Wildman–Crippen MR) is 97.9 cm³/mol. The van der Waals surface area contributed by atoms with E-state index in [9.17, 15) is 19.5 Å². The van der Waals surface area contributed by atoms with Gasteiger partial charge >= 0.3 is 5.97 Å². The summed E-state index contributed by atoms with van der Waals surface area (Å²) in [5, 5.41) is 19.4. The Morgan fingerprint density at radius 1 is 1.36 bits per heavy atom. The van der Waals surface area contributed by atoms with Crippen molar-refractivity contribution >= 4 is 17.8 Å². The van der Waals surface area contributed by atoms with E-state index in [1.165, 1.54) is 4.90 Å². The first-order valence-corrected chi connectivity index (χ1v) is 9.27. The van der Waals surface area contributed by atoms with Crippen molar-refractivity contribution in [2.24, 2.45) is 5.92 Å². The van der Waals surface area contributed by atoms with Gasteiger partial charge in [0.25, 0.3) is 11.8 Å². The number of carbonyl (C=O) groups excluding carboxylic acids is 3. The zero-order valence-electron chi connectivity index (χ0n) is 15.9. The van der Waals surface area contributed by atoms with Gasteiger partial charge in [0.1, 0.15) is 12.0 Å². The van der Waals surface area contributed by atoms with E-state index in [4.69, 9.17) is 10.00 Å². The molecule has 2 amide bonds. The van der Waals surface area contributed by atoms with Crippen LogP contribution in [0.15, 0.2) is 24.3 Å². The Bertz CT molecular complexity index is 838. The maximum atomic E-state index is 12.8. The summed E-state index contributed by atoms with van der Waals surface area (Å²) in [5.41, 5.74) is -0.0348. The molecule has 28 heavy (non-hydrogen) atoms. The molecule has 0 saturated carbocycles. The van der Waals surface area contributed by atoms with Crippen molar-refractivity contribution in [3.63, 3.8) is 0 Å². The molecule has 2 aliphatic rings. The van der Waals surface area contributed by atoms with Crippen LogP contribution in [-0.2, 0) is 14.3 Å². The van der Waals surface area contributed by atoms with Crippen LogP contribution in [0.5, 0.6) is 0 Å². The summed E-state index contributed by atoms with van der Waals surface area (Å²) >= 11 is 0. The topological polar surface area (TPSA) is 111 Å². The number of esters is 1. The zero-order valence-corrected chi connectivity index (χ0v) is 15.9. The lowest BCUT2D eigenvalue weighted by Gasteiger charge is -2.45. The molecular weight excluding hydrogens is 362 g/mol. The Hall–Kier alpha value is -2.92. The maximum Gasteiger partial charge on any atom is 0.314 e. The van der Waals surface area contributed by atoms with Gasteiger partial charge in [-0.1, -0.05) is 6.07 Å². The van der Waals surface area contributed by atoms with Gasteiger partial charge < -0.3 is 19.6 Å². The summed E-state index contributed by atoms with van der Waals surface area (Å²) in [6, 6.07) is 8.51. The van der Waals surface area contributed by atoms with Crippen molar-refractivity contribution in [2.45, 2.75) is 31.4 Å². The number of aliphatic hydroxyl groups excluding tert-OH is 1. The lowest BCUT2D eigenvalue weighted by atomic mass is 9.76. The van der Waals surface area contributed by atoms with Crippen LogP contribution in [0.3, 0.4) is 0 Å². The minimum atomic E-state index is -1.43. The second kappa shape index (κ2) is 7.60. The van der Waals surface area contributed by atoms with Gasteiger partial charge in [-0.25, -0.2) is 0 Å². The van der Waals surface area contributed by atoms with Crippen molar-refractivity contribution in [1.82, 2.24) is 9.80 Å². The minimum absolute atomic E-state index is 0.163. The van der Waals surface area contributed by atoms with Crippen molar-refractivity contribution < 1.29 is 24.2 Å². The number of piperidine rings is 1. The molecular formula is C20H23N3O5. The maximum absolute atomic E-state index is 12.8. The first kappa shape index (κ1) is 19.8. The monoisotopic (exact) mass is 385 g/mol. The molecule has 2 fully saturated rings. The number of likely N-dealkylation sites (tertiary alicyclic amines) is 2. The van der Waals surface area contributed by atoms with Crippen molar-refractivity contribution in [1.29, 1.82) is 5.26 Å².